The molecule has 112 valence electrons. The monoisotopic (exact) mass is 278 g/mol. The molecule has 3 rings (SSSR count). The molecule has 20 heavy (non-hydrogen) atoms. The Kier molecular flexibility index (Phi) is 3.30. The van der Waals surface area contributed by atoms with Gasteiger partial charge >= 0.3 is 0 Å². The summed E-state index contributed by atoms with van der Waals surface area (Å²) in [6, 6.07) is -0.276. The summed E-state index contributed by atoms with van der Waals surface area (Å²) in [5, 5.41) is 3.08. The second-order valence-electron chi connectivity index (χ2n) is 7.40. The summed E-state index contributed by atoms with van der Waals surface area (Å²) in [5.74, 6) is 1.73. The summed E-state index contributed by atoms with van der Waals surface area (Å²) in [6.45, 7) is 7.08. The van der Waals surface area contributed by atoms with E-state index in [4.69, 9.17) is 0 Å². The highest BCUT2D eigenvalue weighted by atomic mass is 16.2. The van der Waals surface area contributed by atoms with Crippen LogP contribution in [0.1, 0.15) is 52.9 Å². The molecule has 1 saturated heterocycles. The van der Waals surface area contributed by atoms with Crippen molar-refractivity contribution in [3.05, 3.63) is 0 Å². The van der Waals surface area contributed by atoms with E-state index in [9.17, 15) is 9.59 Å². The van der Waals surface area contributed by atoms with Crippen molar-refractivity contribution < 1.29 is 9.59 Å². The van der Waals surface area contributed by atoms with E-state index in [2.05, 4.69) is 12.2 Å². The molecule has 0 bridgehead atoms. The molecule has 0 radical (unpaired) electrons. The molecule has 3 unspecified atom stereocenters. The lowest BCUT2D eigenvalue weighted by molar-refractivity contribution is -0.157. The maximum absolute atomic E-state index is 13.0. The molecule has 0 aromatic heterocycles. The lowest BCUT2D eigenvalue weighted by Gasteiger charge is -2.46. The molecule has 2 amide bonds. The Bertz CT molecular complexity index is 426. The first-order valence-corrected chi connectivity index (χ1v) is 8.08. The predicted molar refractivity (Wildman–Crippen MR) is 77.0 cm³/mol. The van der Waals surface area contributed by atoms with Crippen LogP contribution < -0.4 is 5.32 Å². The molecule has 0 aromatic carbocycles. The van der Waals surface area contributed by atoms with Crippen LogP contribution in [0, 0.1) is 17.8 Å². The molecule has 1 aliphatic heterocycles. The van der Waals surface area contributed by atoms with E-state index in [1.54, 1.807) is 0 Å². The van der Waals surface area contributed by atoms with E-state index in [1.807, 2.05) is 18.7 Å². The minimum atomic E-state index is -0.569. The second-order valence-corrected chi connectivity index (χ2v) is 7.40. The number of hydrogen-bond donors (Lipinski definition) is 1. The molecule has 0 aromatic rings. The molecule has 3 aliphatic rings. The van der Waals surface area contributed by atoms with Gasteiger partial charge in [-0.25, -0.2) is 0 Å². The highest BCUT2D eigenvalue weighted by molar-refractivity contribution is 6.00. The van der Waals surface area contributed by atoms with Gasteiger partial charge in [-0.05, 0) is 37.0 Å². The first kappa shape index (κ1) is 13.9. The fraction of sp³-hybridized carbons (Fsp3) is 0.875. The fourth-order valence-corrected chi connectivity index (χ4v) is 3.99. The quantitative estimate of drug-likeness (QED) is 0.857. The Morgan fingerprint density at radius 2 is 1.90 bits per heavy atom. The van der Waals surface area contributed by atoms with Crippen LogP contribution in [-0.2, 0) is 9.59 Å². The molecule has 2 aliphatic carbocycles. The maximum atomic E-state index is 13.0. The molecule has 4 nitrogen and oxygen atoms in total. The number of carbonyl (C=O) groups excluding carboxylic acids is 2. The van der Waals surface area contributed by atoms with E-state index >= 15 is 0 Å². The third kappa shape index (κ3) is 2.13. The average molecular weight is 278 g/mol. The van der Waals surface area contributed by atoms with Crippen LogP contribution in [0.4, 0.5) is 0 Å². The van der Waals surface area contributed by atoms with Gasteiger partial charge in [-0.3, -0.25) is 9.59 Å². The summed E-state index contributed by atoms with van der Waals surface area (Å²) in [5.41, 5.74) is -0.569. The highest BCUT2D eigenvalue weighted by Gasteiger charge is 2.53. The van der Waals surface area contributed by atoms with Gasteiger partial charge in [0.2, 0.25) is 11.8 Å². The van der Waals surface area contributed by atoms with Gasteiger partial charge in [0.25, 0.3) is 0 Å². The number of hydrogen-bond acceptors (Lipinski definition) is 2. The van der Waals surface area contributed by atoms with E-state index < -0.39 is 5.54 Å². The Hall–Kier alpha value is -1.06. The number of nitrogens with zero attached hydrogens (tertiary/aromatic N) is 1. The van der Waals surface area contributed by atoms with E-state index in [1.165, 1.54) is 6.42 Å². The van der Waals surface area contributed by atoms with E-state index in [0.29, 0.717) is 11.8 Å². The summed E-state index contributed by atoms with van der Waals surface area (Å²) >= 11 is 0. The zero-order valence-corrected chi connectivity index (χ0v) is 12.8. The lowest BCUT2D eigenvalue weighted by atomic mass is 9.87. The van der Waals surface area contributed by atoms with Gasteiger partial charge in [-0.2, -0.15) is 0 Å². The first-order chi connectivity index (χ1) is 9.44. The topological polar surface area (TPSA) is 49.4 Å². The third-order valence-corrected chi connectivity index (χ3v) is 5.43. The van der Waals surface area contributed by atoms with Crippen LogP contribution in [0.15, 0.2) is 0 Å². The predicted octanol–water partition coefficient (Wildman–Crippen LogP) is 1.94. The molecular formula is C16H26N2O2. The van der Waals surface area contributed by atoms with Crippen molar-refractivity contribution in [2.24, 2.45) is 17.8 Å². The zero-order chi connectivity index (χ0) is 14.5. The van der Waals surface area contributed by atoms with Crippen molar-refractivity contribution in [1.29, 1.82) is 0 Å². The lowest BCUT2D eigenvalue weighted by Crippen LogP contribution is -2.70. The summed E-state index contributed by atoms with van der Waals surface area (Å²) in [7, 11) is 0. The van der Waals surface area contributed by atoms with Crippen LogP contribution >= 0.6 is 0 Å². The molecule has 2 saturated carbocycles. The Balaban J connectivity index is 1.86. The zero-order valence-electron chi connectivity index (χ0n) is 12.8. The second kappa shape index (κ2) is 4.74. The Morgan fingerprint density at radius 1 is 1.30 bits per heavy atom. The average Bonchev–Trinajstić information content (AvgIpc) is 2.88. The fourth-order valence-electron chi connectivity index (χ4n) is 3.99. The molecule has 1 spiro atoms. The molecule has 1 N–H and O–H groups in total. The largest absolute Gasteiger partial charge is 0.340 e. The third-order valence-electron chi connectivity index (χ3n) is 5.43. The van der Waals surface area contributed by atoms with Gasteiger partial charge in [-0.15, -0.1) is 0 Å². The van der Waals surface area contributed by atoms with Crippen molar-refractivity contribution >= 4 is 11.8 Å². The van der Waals surface area contributed by atoms with Crippen LogP contribution in [-0.4, -0.2) is 34.8 Å². The van der Waals surface area contributed by atoms with Gasteiger partial charge in [0.15, 0.2) is 0 Å². The van der Waals surface area contributed by atoms with Crippen molar-refractivity contribution in [3.63, 3.8) is 0 Å². The number of amides is 2. The molecule has 4 heteroatoms. The Labute approximate surface area is 121 Å². The number of nitrogens with one attached hydrogen (secondary N) is 1. The highest BCUT2D eigenvalue weighted by Crippen LogP contribution is 2.41. The van der Waals surface area contributed by atoms with Crippen LogP contribution in [0.5, 0.6) is 0 Å². The van der Waals surface area contributed by atoms with Crippen LogP contribution in [0.3, 0.4) is 0 Å². The summed E-state index contributed by atoms with van der Waals surface area (Å²) in [6.07, 6.45) is 4.93. The number of rotatable bonds is 3. The smallest absolute Gasteiger partial charge is 0.249 e. The minimum Gasteiger partial charge on any atom is -0.340 e. The van der Waals surface area contributed by atoms with Crippen molar-refractivity contribution in [1.82, 2.24) is 10.2 Å². The summed E-state index contributed by atoms with van der Waals surface area (Å²) in [4.78, 5) is 27.4. The maximum Gasteiger partial charge on any atom is 0.249 e. The standard InChI is InChI=1S/C16H26N2O2/c1-10(2)13-14(19)17-16(6-4-5-7-16)15(20)18(13)9-12-8-11(12)3/h10-13H,4-9H2,1-3H3,(H,17,19). The molecule has 3 atom stereocenters. The van der Waals surface area contributed by atoms with Gasteiger partial charge < -0.3 is 10.2 Å². The van der Waals surface area contributed by atoms with Crippen LogP contribution in [0.25, 0.3) is 0 Å². The molecule has 3 fully saturated rings. The number of piperazine rings is 1. The summed E-state index contributed by atoms with van der Waals surface area (Å²) < 4.78 is 0. The van der Waals surface area contributed by atoms with Gasteiger partial charge in [0, 0.05) is 6.54 Å². The molecular weight excluding hydrogens is 252 g/mol. The van der Waals surface area contributed by atoms with Crippen molar-refractivity contribution in [2.45, 2.75) is 64.5 Å². The van der Waals surface area contributed by atoms with Gasteiger partial charge in [0.05, 0.1) is 0 Å². The van der Waals surface area contributed by atoms with E-state index in [0.717, 1.165) is 32.2 Å². The number of carbonyl (C=O) groups is 2. The minimum absolute atomic E-state index is 0.0646. The van der Waals surface area contributed by atoms with Crippen molar-refractivity contribution in [3.8, 4) is 0 Å². The molecule has 1 heterocycles. The van der Waals surface area contributed by atoms with Crippen LogP contribution in [0.2, 0.25) is 0 Å². The van der Waals surface area contributed by atoms with Gasteiger partial charge in [0.1, 0.15) is 11.6 Å². The van der Waals surface area contributed by atoms with Gasteiger partial charge in [-0.1, -0.05) is 33.6 Å². The van der Waals surface area contributed by atoms with Crippen molar-refractivity contribution in [2.75, 3.05) is 6.54 Å². The van der Waals surface area contributed by atoms with E-state index in [-0.39, 0.29) is 23.8 Å². The first-order valence-electron chi connectivity index (χ1n) is 8.08. The normalized spacial score (nSPS) is 35.8. The SMILES string of the molecule is CC(C)C1C(=O)NC2(CCCC2)C(=O)N1CC1CC1C. The Morgan fingerprint density at radius 3 is 2.40 bits per heavy atom.